The first kappa shape index (κ1) is 69.7. The average Bonchev–Trinajstić information content (AvgIpc) is 1.57. The van der Waals surface area contributed by atoms with Crippen LogP contribution in [0.2, 0.25) is 5.02 Å². The minimum atomic E-state index is -4.58. The summed E-state index contributed by atoms with van der Waals surface area (Å²) in [7, 11) is 1.59. The molecule has 536 valence electrons. The second kappa shape index (κ2) is 25.8. The van der Waals surface area contributed by atoms with Crippen LogP contribution in [0.15, 0.2) is 152 Å². The molecule has 5 aromatic carbocycles. The van der Waals surface area contributed by atoms with E-state index in [2.05, 4.69) is 31.2 Å². The molecule has 22 nitrogen and oxygen atoms in total. The van der Waals surface area contributed by atoms with Gasteiger partial charge < -0.3 is 44.4 Å². The molecule has 8 aliphatic heterocycles. The Morgan fingerprint density at radius 2 is 1.15 bits per heavy atom. The van der Waals surface area contributed by atoms with Crippen molar-refractivity contribution in [1.29, 1.82) is 5.26 Å². The number of anilines is 4. The number of pyridine rings is 2. The molecule has 5 aromatic heterocycles. The van der Waals surface area contributed by atoms with Crippen molar-refractivity contribution in [2.24, 2.45) is 20.0 Å². The molecule has 13 heterocycles. The minimum Gasteiger partial charge on any atom is -0.481 e. The number of aromatic nitrogens is 3. The van der Waals surface area contributed by atoms with Gasteiger partial charge in [-0.15, -0.1) is 22.7 Å². The van der Waals surface area contributed by atoms with Gasteiger partial charge in [-0.1, -0.05) is 22.8 Å². The summed E-state index contributed by atoms with van der Waals surface area (Å²) in [5, 5.41) is 60.8. The van der Waals surface area contributed by atoms with E-state index >= 15 is 0 Å². The Morgan fingerprint density at radius 1 is 0.585 bits per heavy atom. The molecule has 0 unspecified atom stereocenters. The molecular formula is C78H64ClF3N12O10S2. The number of hydrogen-bond donors (Lipinski definition) is 4. The summed E-state index contributed by atoms with van der Waals surface area (Å²) in [6, 6.07) is 36.5. The summed E-state index contributed by atoms with van der Waals surface area (Å²) in [5.41, 5.74) is 3.02. The van der Waals surface area contributed by atoms with E-state index in [0.29, 0.717) is 111 Å². The summed E-state index contributed by atoms with van der Waals surface area (Å²) < 4.78 is 49.0. The van der Waals surface area contributed by atoms with Gasteiger partial charge in [0.2, 0.25) is 34.9 Å². The summed E-state index contributed by atoms with van der Waals surface area (Å²) in [5.74, 6) is 0.619. The Hall–Kier alpha value is -10.7. The maximum Gasteiger partial charge on any atom is 0.416 e. The molecule has 4 atom stereocenters. The Kier molecular flexibility index (Phi) is 17.0. The van der Waals surface area contributed by atoms with Gasteiger partial charge >= 0.3 is 6.18 Å². The van der Waals surface area contributed by atoms with E-state index in [0.717, 1.165) is 97.2 Å². The number of aryl methyl sites for hydroxylation is 5. The Bertz CT molecular complexity index is 5650. The van der Waals surface area contributed by atoms with Crippen molar-refractivity contribution in [3.05, 3.63) is 198 Å². The van der Waals surface area contributed by atoms with Crippen molar-refractivity contribution in [3.63, 3.8) is 0 Å². The normalized spacial score (nSPS) is 22.1. The van der Waals surface area contributed by atoms with Crippen molar-refractivity contribution < 1.29 is 62.0 Å². The topological polar surface area (TPSA) is 296 Å². The Labute approximate surface area is 616 Å². The predicted octanol–water partition coefficient (Wildman–Crippen LogP) is 14.1. The van der Waals surface area contributed by atoms with Crippen molar-refractivity contribution >= 4 is 147 Å². The van der Waals surface area contributed by atoms with Gasteiger partial charge in [0, 0.05) is 119 Å². The van der Waals surface area contributed by atoms with Gasteiger partial charge in [0.1, 0.15) is 21.9 Å². The zero-order valence-corrected chi connectivity index (χ0v) is 59.9. The van der Waals surface area contributed by atoms with Crippen molar-refractivity contribution in [2.75, 3.05) is 52.9 Å². The molecule has 4 saturated heterocycles. The summed E-state index contributed by atoms with van der Waals surface area (Å²) in [6.07, 6.45) is 2.38. The first-order valence-corrected chi connectivity index (χ1v) is 36.3. The van der Waals surface area contributed by atoms with Gasteiger partial charge in [0.25, 0.3) is 0 Å². The summed E-state index contributed by atoms with van der Waals surface area (Å²) >= 11 is 9.18. The van der Waals surface area contributed by atoms with E-state index in [4.69, 9.17) is 36.1 Å². The number of methoxy groups -OCH3 is 1. The smallest absolute Gasteiger partial charge is 0.416 e. The molecule has 0 saturated carbocycles. The number of alkyl halides is 3. The van der Waals surface area contributed by atoms with E-state index in [1.165, 1.54) is 27.5 Å². The molecule has 4 N–H and O–H groups in total. The Morgan fingerprint density at radius 3 is 1.79 bits per heavy atom. The first-order valence-electron chi connectivity index (χ1n) is 34.3. The maximum atomic E-state index is 13.4. The number of rotatable bonds is 5. The molecule has 19 rings (SSSR count). The second-order valence-corrected chi connectivity index (χ2v) is 30.2. The lowest BCUT2D eigenvalue weighted by Crippen LogP contribution is -2.48. The standard InChI is InChI=1S/C23H21N3O3.C22H19N3O2S.C17H12ClN3O2S.C16H12F3N3O3/c1-13-10-17-19(11-14(13)2)25-22-23(28,21(17)27)8-9-26(22)16-5-6-18-15(12-16)4-7-20(24-18)29-3;26-19-18-15-5-1-2-6-17(15)28-20(18)24-21-22(19,27)9-11-25(21)14-7-8-16-13(12-14)4-3-10-23-16;1-9-6-12-14(22)17(23)4-5-21(16(17)20-15(12)24-9)11-3-2-10(8-19)13(18)7-11;1-8-6-12(25-21-8)22-5-4-15(24)13(23)10-7-9(16(17,18)19)2-3-11(10)20-14(15)22/h4-7,10-12,28H,8-9H2,1-3H3;3-4,7-8,10,12,27H,1-2,5-6,9,11H2;2-3,6-7,23H,4-5H2,1H3;2-3,6-7,24H,4-5H2,1H3/t23-;22-;17-;15-/m1111/s1. The van der Waals surface area contributed by atoms with E-state index in [-0.39, 0.29) is 53.8 Å². The molecule has 4 fully saturated rings. The van der Waals surface area contributed by atoms with Gasteiger partial charge in [-0.3, -0.25) is 29.1 Å². The number of nitrogens with zero attached hydrogens (tertiary/aromatic N) is 12. The lowest BCUT2D eigenvalue weighted by atomic mass is 9.85. The molecule has 106 heavy (non-hydrogen) atoms. The molecule has 1 aliphatic carbocycles. The van der Waals surface area contributed by atoms with Crippen LogP contribution >= 0.6 is 34.3 Å². The number of nitriles is 1. The molecular weight excluding hydrogens is 1420 g/mol. The number of ether oxygens (including phenoxy) is 1. The number of hydrogen-bond acceptors (Lipinski definition) is 24. The predicted molar refractivity (Wildman–Crippen MR) is 398 cm³/mol. The van der Waals surface area contributed by atoms with Gasteiger partial charge in [-0.05, 0) is 173 Å². The number of fused-ring (bicyclic) bond motifs is 12. The third kappa shape index (κ3) is 11.5. The lowest BCUT2D eigenvalue weighted by Gasteiger charge is -2.30. The molecule has 0 amide bonds. The monoisotopic (exact) mass is 1480 g/mol. The number of halogens is 4. The van der Waals surface area contributed by atoms with Gasteiger partial charge in [0.05, 0.1) is 62.5 Å². The lowest BCUT2D eigenvalue weighted by molar-refractivity contribution is -0.137. The number of Topliss-reactive ketones (excluding diaryl/α,β-unsaturated/α-hetero) is 4. The molecule has 0 radical (unpaired) electrons. The number of aliphatic imine (C=N–C) groups is 4. The van der Waals surface area contributed by atoms with Crippen molar-refractivity contribution in [2.45, 2.75) is 108 Å². The van der Waals surface area contributed by atoms with Crippen molar-refractivity contribution in [3.8, 4) is 11.9 Å². The fourth-order valence-corrected chi connectivity index (χ4v) is 17.5. The van der Waals surface area contributed by atoms with Gasteiger partial charge in [-0.25, -0.2) is 25.0 Å². The highest BCUT2D eigenvalue weighted by Crippen LogP contribution is 2.50. The molecule has 0 bridgehead atoms. The number of benzene rings is 5. The quantitative estimate of drug-likeness (QED) is 0.124. The highest BCUT2D eigenvalue weighted by molar-refractivity contribution is 7.17. The fraction of sp³-hybridized carbons (Fsp3) is 0.282. The van der Waals surface area contributed by atoms with E-state index in [1.54, 1.807) is 66.8 Å². The third-order valence-corrected chi connectivity index (χ3v) is 23.3. The Balaban J connectivity index is 0.000000109. The van der Waals surface area contributed by atoms with Crippen LogP contribution in [0.5, 0.6) is 5.88 Å². The van der Waals surface area contributed by atoms with Crippen LogP contribution in [-0.4, -0.2) is 138 Å². The zero-order valence-electron chi connectivity index (χ0n) is 57.5. The van der Waals surface area contributed by atoms with Crippen LogP contribution in [0.4, 0.5) is 57.5 Å². The fourth-order valence-electron chi connectivity index (χ4n) is 15.1. The summed E-state index contributed by atoms with van der Waals surface area (Å²) in [6.45, 7) is 9.37. The van der Waals surface area contributed by atoms with Crippen molar-refractivity contribution in [1.82, 2.24) is 15.1 Å². The molecule has 10 aromatic rings. The van der Waals surface area contributed by atoms with Crippen LogP contribution < -0.4 is 24.3 Å². The second-order valence-electron chi connectivity index (χ2n) is 27.4. The highest BCUT2D eigenvalue weighted by atomic mass is 35.5. The van der Waals surface area contributed by atoms with Crippen LogP contribution in [0.25, 0.3) is 21.8 Å². The molecule has 0 spiro atoms. The number of ketones is 4. The largest absolute Gasteiger partial charge is 0.481 e. The number of amidine groups is 4. The number of carbonyl (C=O) groups excluding carboxylic acids is 4. The van der Waals surface area contributed by atoms with E-state index in [1.807, 2.05) is 103 Å². The van der Waals surface area contributed by atoms with Crippen LogP contribution in [0.1, 0.15) is 123 Å². The number of thiophene rings is 2. The maximum absolute atomic E-state index is 13.4. The average molecular weight is 1490 g/mol. The van der Waals surface area contributed by atoms with E-state index in [9.17, 15) is 52.8 Å². The summed E-state index contributed by atoms with van der Waals surface area (Å²) in [4.78, 5) is 88.7. The van der Waals surface area contributed by atoms with Crippen LogP contribution in [-0.2, 0) is 19.0 Å². The van der Waals surface area contributed by atoms with Gasteiger partial charge in [0.15, 0.2) is 39.9 Å². The van der Waals surface area contributed by atoms with Gasteiger partial charge in [-0.2, -0.15) is 18.4 Å². The first-order chi connectivity index (χ1) is 50.7. The molecule has 9 aliphatic rings. The van der Waals surface area contributed by atoms with Crippen LogP contribution in [0.3, 0.4) is 0 Å². The zero-order chi connectivity index (χ0) is 74.3. The number of aliphatic hydroxyl groups is 4. The number of carbonyl (C=O) groups is 4. The highest BCUT2D eigenvalue weighted by Gasteiger charge is 2.57. The van der Waals surface area contributed by atoms with E-state index < -0.39 is 39.9 Å². The molecule has 28 heteroatoms. The third-order valence-electron chi connectivity index (χ3n) is 20.9. The SMILES string of the molecule is COc1ccc2cc(N3CC[C@@]4(O)C(=O)c5cc(C)c(C)cc5N=C34)ccc2n1.Cc1cc(N2CC[C@@]3(O)C(=O)c4cc(C(F)(F)F)ccc4N=C23)on1.Cc1cc2c(s1)N=C1N(c3ccc(C#N)c(Cl)c3)CC[C@@]1(O)C2=O.O=C1c2c(sc3c2CCCC3)N=C2N(c3ccc4ncccc4c3)CC[C@@]12O. The minimum absolute atomic E-state index is 0.0000990. The van der Waals surface area contributed by atoms with Crippen LogP contribution in [0, 0.1) is 39.0 Å².